The molecule has 1 amide bonds. The molecule has 2 aromatic carbocycles. The number of nitrogens with zero attached hydrogens (tertiary/aromatic N) is 2. The van der Waals surface area contributed by atoms with Crippen molar-refractivity contribution in [3.05, 3.63) is 70.5 Å². The number of hydrogen-bond donors (Lipinski definition) is 2. The molecule has 6 heteroatoms. The molecule has 0 spiro atoms. The average molecular weight is 399 g/mol. The van der Waals surface area contributed by atoms with Gasteiger partial charge in [-0.05, 0) is 62.6 Å². The first kappa shape index (κ1) is 22.4. The lowest BCUT2D eigenvalue weighted by molar-refractivity contribution is 0.0773. The smallest absolute Gasteiger partial charge is 0.253 e. The van der Waals surface area contributed by atoms with Crippen LogP contribution in [0.5, 0.6) is 0 Å². The van der Waals surface area contributed by atoms with Gasteiger partial charge in [0.15, 0.2) is 5.96 Å². The van der Waals surface area contributed by atoms with Crippen LogP contribution in [0.15, 0.2) is 47.5 Å². The summed E-state index contributed by atoms with van der Waals surface area (Å²) in [6, 6.07) is 12.7. The van der Waals surface area contributed by atoms with Crippen molar-refractivity contribution in [3.63, 3.8) is 0 Å². The molecule has 0 radical (unpaired) electrons. The summed E-state index contributed by atoms with van der Waals surface area (Å²) in [7, 11) is 1.70. The summed E-state index contributed by atoms with van der Waals surface area (Å²) >= 11 is 0. The Labute approximate surface area is 173 Å². The van der Waals surface area contributed by atoms with Gasteiger partial charge in [0.25, 0.3) is 5.91 Å². The number of amides is 1. The van der Waals surface area contributed by atoms with Gasteiger partial charge in [0.2, 0.25) is 0 Å². The van der Waals surface area contributed by atoms with E-state index in [1.165, 1.54) is 0 Å². The first-order chi connectivity index (χ1) is 13.9. The fourth-order valence-corrected chi connectivity index (χ4v) is 3.01. The van der Waals surface area contributed by atoms with Gasteiger partial charge in [-0.1, -0.05) is 24.3 Å². The van der Waals surface area contributed by atoms with E-state index in [1.54, 1.807) is 31.0 Å². The highest BCUT2D eigenvalue weighted by Gasteiger charge is 2.12. The lowest BCUT2D eigenvalue weighted by Crippen LogP contribution is -2.38. The molecule has 0 aliphatic rings. The standard InChI is InChI=1S/C23H31FN4O/c1-6-28(7-2)22(29)19-12-9-18(10-13-19)15-26-23(25-5)27-17(4)20-11-8-16(3)21(24)14-20/h8-14,17H,6-7,15H2,1-5H3,(H2,25,26,27). The molecule has 0 aliphatic carbocycles. The zero-order valence-corrected chi connectivity index (χ0v) is 17.9. The number of halogens is 1. The van der Waals surface area contributed by atoms with E-state index in [0.29, 0.717) is 36.7 Å². The Bertz CT molecular complexity index is 844. The third-order valence-electron chi connectivity index (χ3n) is 4.98. The molecule has 0 saturated carbocycles. The zero-order chi connectivity index (χ0) is 21.4. The van der Waals surface area contributed by atoms with E-state index in [0.717, 1.165) is 11.1 Å². The highest BCUT2D eigenvalue weighted by atomic mass is 19.1. The van der Waals surface area contributed by atoms with Crippen LogP contribution in [0.2, 0.25) is 0 Å². The number of aryl methyl sites for hydroxylation is 1. The van der Waals surface area contributed by atoms with Crippen molar-refractivity contribution in [3.8, 4) is 0 Å². The van der Waals surface area contributed by atoms with Crippen LogP contribution in [0.3, 0.4) is 0 Å². The maximum absolute atomic E-state index is 13.8. The zero-order valence-electron chi connectivity index (χ0n) is 17.9. The van der Waals surface area contributed by atoms with E-state index in [-0.39, 0.29) is 17.8 Å². The summed E-state index contributed by atoms with van der Waals surface area (Å²) in [6.45, 7) is 9.62. The van der Waals surface area contributed by atoms with Gasteiger partial charge in [-0.3, -0.25) is 9.79 Å². The number of rotatable bonds is 7. The molecule has 2 aromatic rings. The molecule has 1 atom stereocenters. The topological polar surface area (TPSA) is 56.7 Å². The first-order valence-corrected chi connectivity index (χ1v) is 10.0. The van der Waals surface area contributed by atoms with Gasteiger partial charge in [0.05, 0.1) is 6.04 Å². The summed E-state index contributed by atoms with van der Waals surface area (Å²) < 4.78 is 13.8. The molecule has 0 fully saturated rings. The molecule has 1 unspecified atom stereocenters. The Morgan fingerprint density at radius 1 is 1.14 bits per heavy atom. The fourth-order valence-electron chi connectivity index (χ4n) is 3.01. The van der Waals surface area contributed by atoms with Crippen molar-refractivity contribution in [2.75, 3.05) is 20.1 Å². The summed E-state index contributed by atoms with van der Waals surface area (Å²) in [5.74, 6) is 0.464. The fraction of sp³-hybridized carbons (Fsp3) is 0.391. The van der Waals surface area contributed by atoms with Gasteiger partial charge in [0, 0.05) is 32.2 Å². The lowest BCUT2D eigenvalue weighted by atomic mass is 10.1. The third kappa shape index (κ3) is 6.04. The van der Waals surface area contributed by atoms with E-state index in [2.05, 4.69) is 15.6 Å². The van der Waals surface area contributed by atoms with E-state index in [1.807, 2.05) is 51.1 Å². The van der Waals surface area contributed by atoms with E-state index < -0.39 is 0 Å². The maximum atomic E-state index is 13.8. The van der Waals surface area contributed by atoms with Crippen molar-refractivity contribution in [2.45, 2.75) is 40.3 Å². The number of benzene rings is 2. The number of carbonyl (C=O) groups excluding carboxylic acids is 1. The number of carbonyl (C=O) groups is 1. The highest BCUT2D eigenvalue weighted by Crippen LogP contribution is 2.16. The van der Waals surface area contributed by atoms with Crippen LogP contribution in [0.4, 0.5) is 4.39 Å². The molecule has 5 nitrogen and oxygen atoms in total. The summed E-state index contributed by atoms with van der Waals surface area (Å²) in [4.78, 5) is 18.4. The lowest BCUT2D eigenvalue weighted by Gasteiger charge is -2.19. The van der Waals surface area contributed by atoms with Crippen LogP contribution in [-0.4, -0.2) is 36.9 Å². The Morgan fingerprint density at radius 2 is 1.79 bits per heavy atom. The number of aliphatic imine (C=N–C) groups is 1. The monoisotopic (exact) mass is 398 g/mol. The molecular formula is C23H31FN4O. The molecule has 29 heavy (non-hydrogen) atoms. The Hall–Kier alpha value is -2.89. The average Bonchev–Trinajstić information content (AvgIpc) is 2.74. The molecule has 0 bridgehead atoms. The first-order valence-electron chi connectivity index (χ1n) is 10.0. The van der Waals surface area contributed by atoms with Crippen LogP contribution in [0.1, 0.15) is 53.9 Å². The number of hydrogen-bond acceptors (Lipinski definition) is 2. The molecule has 156 valence electrons. The van der Waals surface area contributed by atoms with Crippen LogP contribution in [0.25, 0.3) is 0 Å². The van der Waals surface area contributed by atoms with Gasteiger partial charge in [0.1, 0.15) is 5.82 Å². The van der Waals surface area contributed by atoms with Crippen molar-refractivity contribution in [1.29, 1.82) is 0 Å². The summed E-state index contributed by atoms with van der Waals surface area (Å²) in [6.07, 6.45) is 0. The molecule has 0 aliphatic heterocycles. The largest absolute Gasteiger partial charge is 0.352 e. The minimum Gasteiger partial charge on any atom is -0.352 e. The van der Waals surface area contributed by atoms with Crippen molar-refractivity contribution in [2.24, 2.45) is 4.99 Å². The Morgan fingerprint density at radius 3 is 2.34 bits per heavy atom. The predicted molar refractivity (Wildman–Crippen MR) is 117 cm³/mol. The van der Waals surface area contributed by atoms with Crippen LogP contribution in [-0.2, 0) is 6.54 Å². The molecule has 2 N–H and O–H groups in total. The van der Waals surface area contributed by atoms with Crippen LogP contribution < -0.4 is 10.6 Å². The van der Waals surface area contributed by atoms with Crippen molar-refractivity contribution < 1.29 is 9.18 Å². The minimum atomic E-state index is -0.210. The van der Waals surface area contributed by atoms with Gasteiger partial charge in [-0.2, -0.15) is 0 Å². The molecule has 0 heterocycles. The van der Waals surface area contributed by atoms with Gasteiger partial charge >= 0.3 is 0 Å². The van der Waals surface area contributed by atoms with E-state index in [4.69, 9.17) is 0 Å². The van der Waals surface area contributed by atoms with Crippen LogP contribution >= 0.6 is 0 Å². The molecule has 2 rings (SSSR count). The normalized spacial score (nSPS) is 12.4. The number of nitrogens with one attached hydrogen (secondary N) is 2. The van der Waals surface area contributed by atoms with Crippen molar-refractivity contribution >= 4 is 11.9 Å². The second-order valence-corrected chi connectivity index (χ2v) is 6.97. The molecule has 0 aromatic heterocycles. The van der Waals surface area contributed by atoms with Gasteiger partial charge in [-0.25, -0.2) is 4.39 Å². The summed E-state index contributed by atoms with van der Waals surface area (Å²) in [5, 5.41) is 6.53. The van der Waals surface area contributed by atoms with Gasteiger partial charge in [-0.15, -0.1) is 0 Å². The Balaban J connectivity index is 1.95. The maximum Gasteiger partial charge on any atom is 0.253 e. The van der Waals surface area contributed by atoms with E-state index >= 15 is 0 Å². The highest BCUT2D eigenvalue weighted by molar-refractivity contribution is 5.94. The quantitative estimate of drug-likeness (QED) is 0.547. The molecule has 0 saturated heterocycles. The Kier molecular flexibility index (Phi) is 8.19. The van der Waals surface area contributed by atoms with Crippen molar-refractivity contribution in [1.82, 2.24) is 15.5 Å². The molecular weight excluding hydrogens is 367 g/mol. The van der Waals surface area contributed by atoms with E-state index in [9.17, 15) is 9.18 Å². The summed E-state index contributed by atoms with van der Waals surface area (Å²) in [5.41, 5.74) is 3.22. The second-order valence-electron chi connectivity index (χ2n) is 6.97. The number of guanidine groups is 1. The van der Waals surface area contributed by atoms with Gasteiger partial charge < -0.3 is 15.5 Å². The van der Waals surface area contributed by atoms with Crippen LogP contribution in [0, 0.1) is 12.7 Å². The third-order valence-corrected chi connectivity index (χ3v) is 4.98. The SMILES string of the molecule is CCN(CC)C(=O)c1ccc(CNC(=NC)NC(C)c2ccc(C)c(F)c2)cc1. The second kappa shape index (κ2) is 10.6. The predicted octanol–water partition coefficient (Wildman–Crippen LogP) is 4.04. The minimum absolute atomic E-state index is 0.0474.